The van der Waals surface area contributed by atoms with E-state index in [1.165, 1.54) is 0 Å². The number of rotatable bonds is 6. The Kier molecular flexibility index (Phi) is 5.50. The van der Waals surface area contributed by atoms with Crippen molar-refractivity contribution in [2.24, 2.45) is 0 Å². The van der Waals surface area contributed by atoms with Crippen molar-refractivity contribution in [3.63, 3.8) is 0 Å². The van der Waals surface area contributed by atoms with Gasteiger partial charge in [0, 0.05) is 22.7 Å². The SMILES string of the molecule is COCc1nnc2n1Cc1c(COCc3cccc(Cl)c3)ncn1-c1ccc(Cl)cc1-2. The lowest BCUT2D eigenvalue weighted by Gasteiger charge is -2.10. The molecule has 1 aliphatic rings. The fourth-order valence-electron chi connectivity index (χ4n) is 3.78. The van der Waals surface area contributed by atoms with E-state index in [0.717, 1.165) is 39.9 Å². The summed E-state index contributed by atoms with van der Waals surface area (Å²) in [5, 5.41) is 10.1. The summed E-state index contributed by atoms with van der Waals surface area (Å²) in [7, 11) is 1.64. The van der Waals surface area contributed by atoms with E-state index in [-0.39, 0.29) is 0 Å². The van der Waals surface area contributed by atoms with Gasteiger partial charge in [0.05, 0.1) is 43.2 Å². The minimum absolute atomic E-state index is 0.359. The standard InChI is InChI=1S/C22H19Cl2N5O2/c1-30-12-21-26-27-22-17-8-16(24)5-6-19(17)29-13-25-18(20(29)9-28(21)22)11-31-10-14-3-2-4-15(23)7-14/h2-8,13H,9-12H2,1H3. The van der Waals surface area contributed by atoms with Crippen molar-refractivity contribution in [2.45, 2.75) is 26.4 Å². The number of benzene rings is 2. The van der Waals surface area contributed by atoms with Crippen LogP contribution in [0.5, 0.6) is 0 Å². The molecule has 0 N–H and O–H groups in total. The predicted molar refractivity (Wildman–Crippen MR) is 117 cm³/mol. The Bertz CT molecular complexity index is 1250. The van der Waals surface area contributed by atoms with Crippen LogP contribution in [0, 0.1) is 0 Å². The first-order chi connectivity index (χ1) is 15.1. The zero-order valence-electron chi connectivity index (χ0n) is 16.8. The van der Waals surface area contributed by atoms with Crippen molar-refractivity contribution in [3.05, 3.63) is 81.6 Å². The van der Waals surface area contributed by atoms with Crippen molar-refractivity contribution < 1.29 is 9.47 Å². The fourth-order valence-corrected chi connectivity index (χ4v) is 4.17. The molecule has 4 aromatic rings. The number of imidazole rings is 1. The third-order valence-electron chi connectivity index (χ3n) is 5.22. The number of nitrogens with zero attached hydrogens (tertiary/aromatic N) is 5. The predicted octanol–water partition coefficient (Wildman–Crippen LogP) is 4.66. The summed E-state index contributed by atoms with van der Waals surface area (Å²) in [5.41, 5.74) is 4.72. The van der Waals surface area contributed by atoms with Gasteiger partial charge < -0.3 is 18.6 Å². The summed E-state index contributed by atoms with van der Waals surface area (Å²) in [6, 6.07) is 13.4. The second-order valence-corrected chi connectivity index (χ2v) is 8.12. The van der Waals surface area contributed by atoms with E-state index < -0.39 is 0 Å². The van der Waals surface area contributed by atoms with Gasteiger partial charge in [-0.2, -0.15) is 0 Å². The molecule has 9 heteroatoms. The Morgan fingerprint density at radius 2 is 1.87 bits per heavy atom. The first-order valence-electron chi connectivity index (χ1n) is 9.72. The second kappa shape index (κ2) is 8.43. The number of hydrogen-bond acceptors (Lipinski definition) is 5. The number of halogens is 2. The Morgan fingerprint density at radius 3 is 2.71 bits per heavy atom. The molecule has 3 heterocycles. The van der Waals surface area contributed by atoms with Crippen molar-refractivity contribution in [1.29, 1.82) is 0 Å². The van der Waals surface area contributed by atoms with Crippen LogP contribution in [0.1, 0.15) is 22.8 Å². The zero-order valence-corrected chi connectivity index (χ0v) is 18.3. The van der Waals surface area contributed by atoms with Crippen molar-refractivity contribution in [1.82, 2.24) is 24.3 Å². The first kappa shape index (κ1) is 20.2. The van der Waals surface area contributed by atoms with Crippen LogP contribution in [-0.4, -0.2) is 31.4 Å². The van der Waals surface area contributed by atoms with Gasteiger partial charge in [-0.25, -0.2) is 4.98 Å². The summed E-state index contributed by atoms with van der Waals surface area (Å²) in [4.78, 5) is 4.64. The topological polar surface area (TPSA) is 67.0 Å². The first-order valence-corrected chi connectivity index (χ1v) is 10.5. The van der Waals surface area contributed by atoms with Gasteiger partial charge in [0.25, 0.3) is 0 Å². The summed E-state index contributed by atoms with van der Waals surface area (Å²) in [5.74, 6) is 1.49. The van der Waals surface area contributed by atoms with Crippen LogP contribution in [-0.2, 0) is 35.8 Å². The second-order valence-electron chi connectivity index (χ2n) is 7.25. The van der Waals surface area contributed by atoms with Crippen molar-refractivity contribution in [3.8, 4) is 17.1 Å². The Labute approximate surface area is 189 Å². The molecule has 0 spiro atoms. The van der Waals surface area contributed by atoms with Crippen LogP contribution in [0.25, 0.3) is 17.1 Å². The van der Waals surface area contributed by atoms with E-state index in [1.807, 2.05) is 53.4 Å². The highest BCUT2D eigenvalue weighted by molar-refractivity contribution is 6.31. The van der Waals surface area contributed by atoms with Crippen LogP contribution >= 0.6 is 23.2 Å². The molecule has 0 fully saturated rings. The highest BCUT2D eigenvalue weighted by atomic mass is 35.5. The number of hydrogen-bond donors (Lipinski definition) is 0. The highest BCUT2D eigenvalue weighted by Gasteiger charge is 2.26. The lowest BCUT2D eigenvalue weighted by atomic mass is 10.1. The Morgan fingerprint density at radius 1 is 1.00 bits per heavy atom. The minimum Gasteiger partial charge on any atom is -0.377 e. The number of fused-ring (bicyclic) bond motifs is 5. The number of aromatic nitrogens is 5. The van der Waals surface area contributed by atoms with Crippen LogP contribution < -0.4 is 0 Å². The molecule has 0 amide bonds. The van der Waals surface area contributed by atoms with Gasteiger partial charge in [-0.3, -0.25) is 0 Å². The van der Waals surface area contributed by atoms with E-state index in [1.54, 1.807) is 7.11 Å². The monoisotopic (exact) mass is 455 g/mol. The molecule has 7 nitrogen and oxygen atoms in total. The third-order valence-corrected chi connectivity index (χ3v) is 5.69. The number of ether oxygens (including phenoxy) is 2. The molecule has 0 aliphatic carbocycles. The average molecular weight is 456 g/mol. The molecule has 0 radical (unpaired) electrons. The molecule has 2 aromatic heterocycles. The van der Waals surface area contributed by atoms with Crippen LogP contribution in [0.4, 0.5) is 0 Å². The third kappa shape index (κ3) is 3.85. The van der Waals surface area contributed by atoms with Crippen molar-refractivity contribution in [2.75, 3.05) is 7.11 Å². The lowest BCUT2D eigenvalue weighted by molar-refractivity contribution is 0.104. The van der Waals surface area contributed by atoms with Crippen LogP contribution in [0.2, 0.25) is 10.0 Å². The smallest absolute Gasteiger partial charge is 0.166 e. The number of methoxy groups -OCH3 is 1. The van der Waals surface area contributed by atoms with Gasteiger partial charge in [-0.05, 0) is 35.9 Å². The summed E-state index contributed by atoms with van der Waals surface area (Å²) < 4.78 is 15.4. The molecule has 31 heavy (non-hydrogen) atoms. The van der Waals surface area contributed by atoms with Crippen molar-refractivity contribution >= 4 is 23.2 Å². The molecule has 0 atom stereocenters. The lowest BCUT2D eigenvalue weighted by Crippen LogP contribution is -2.10. The molecule has 0 saturated heterocycles. The molecule has 5 rings (SSSR count). The maximum Gasteiger partial charge on any atom is 0.166 e. The molecular formula is C22H19Cl2N5O2. The van der Waals surface area contributed by atoms with Gasteiger partial charge in [0.1, 0.15) is 6.61 Å². The van der Waals surface area contributed by atoms with E-state index in [9.17, 15) is 0 Å². The Balaban J connectivity index is 1.50. The van der Waals surface area contributed by atoms with E-state index in [0.29, 0.717) is 36.4 Å². The highest BCUT2D eigenvalue weighted by Crippen LogP contribution is 2.34. The quantitative estimate of drug-likeness (QED) is 0.372. The van der Waals surface area contributed by atoms with Gasteiger partial charge >= 0.3 is 0 Å². The van der Waals surface area contributed by atoms with E-state index >= 15 is 0 Å². The molecule has 1 aliphatic heterocycles. The molecule has 158 valence electrons. The van der Waals surface area contributed by atoms with Crippen LogP contribution in [0.3, 0.4) is 0 Å². The summed E-state index contributed by atoms with van der Waals surface area (Å²) >= 11 is 12.4. The van der Waals surface area contributed by atoms with Gasteiger partial charge in [0.15, 0.2) is 11.6 Å². The molecule has 0 bridgehead atoms. The molecular weight excluding hydrogens is 437 g/mol. The fraction of sp³-hybridized carbons (Fsp3) is 0.227. The van der Waals surface area contributed by atoms with Gasteiger partial charge in [0.2, 0.25) is 0 Å². The maximum atomic E-state index is 6.30. The van der Waals surface area contributed by atoms with E-state index in [2.05, 4.69) is 19.7 Å². The van der Waals surface area contributed by atoms with Gasteiger partial charge in [-0.1, -0.05) is 35.3 Å². The normalized spacial score (nSPS) is 12.2. The van der Waals surface area contributed by atoms with Gasteiger partial charge in [-0.15, -0.1) is 10.2 Å². The average Bonchev–Trinajstić information content (AvgIpc) is 3.30. The molecule has 0 saturated carbocycles. The largest absolute Gasteiger partial charge is 0.377 e. The maximum absolute atomic E-state index is 6.30. The Hall–Kier alpha value is -2.71. The zero-order chi connectivity index (χ0) is 21.4. The molecule has 0 unspecified atom stereocenters. The van der Waals surface area contributed by atoms with E-state index in [4.69, 9.17) is 32.7 Å². The molecule has 2 aromatic carbocycles. The van der Waals surface area contributed by atoms with Crippen LogP contribution in [0.15, 0.2) is 48.8 Å². The minimum atomic E-state index is 0.359. The summed E-state index contributed by atoms with van der Waals surface area (Å²) in [6.45, 7) is 1.72. The summed E-state index contributed by atoms with van der Waals surface area (Å²) in [6.07, 6.45) is 1.82.